The summed E-state index contributed by atoms with van der Waals surface area (Å²) in [7, 11) is 5.96. The van der Waals surface area contributed by atoms with E-state index in [9.17, 15) is 9.90 Å². The number of ether oxygens (including phenoxy) is 1. The SMILES string of the molecule is COc1ccc2c(c1)CN(CCN(C)C)CCn1c-2c(C2CCCCC2)c2sc(C(=O)O)cc21. The predicted molar refractivity (Wildman–Crippen MR) is 138 cm³/mol. The Kier molecular flexibility index (Phi) is 6.69. The smallest absolute Gasteiger partial charge is 0.345 e. The molecule has 0 radical (unpaired) electrons. The number of fused-ring (bicyclic) bond motifs is 5. The maximum absolute atomic E-state index is 11.9. The third kappa shape index (κ3) is 4.37. The van der Waals surface area contributed by atoms with Gasteiger partial charge >= 0.3 is 5.97 Å². The Labute approximate surface area is 205 Å². The summed E-state index contributed by atoms with van der Waals surface area (Å²) in [5.74, 6) is 0.555. The topological polar surface area (TPSA) is 57.9 Å². The van der Waals surface area contributed by atoms with E-state index in [-0.39, 0.29) is 0 Å². The van der Waals surface area contributed by atoms with Gasteiger partial charge in [-0.3, -0.25) is 4.90 Å². The van der Waals surface area contributed by atoms with Gasteiger partial charge in [0.15, 0.2) is 0 Å². The largest absolute Gasteiger partial charge is 0.497 e. The molecule has 1 aliphatic carbocycles. The number of carboxylic acid groups (broad SMARTS) is 1. The highest BCUT2D eigenvalue weighted by atomic mass is 32.1. The fourth-order valence-corrected chi connectivity index (χ4v) is 6.82. The summed E-state index contributed by atoms with van der Waals surface area (Å²) in [6, 6.07) is 8.40. The van der Waals surface area contributed by atoms with Crippen molar-refractivity contribution in [2.24, 2.45) is 0 Å². The monoisotopic (exact) mass is 481 g/mol. The van der Waals surface area contributed by atoms with Crippen molar-refractivity contribution < 1.29 is 14.6 Å². The number of benzene rings is 1. The summed E-state index contributed by atoms with van der Waals surface area (Å²) in [6.07, 6.45) is 6.18. The number of aromatic nitrogens is 1. The lowest BCUT2D eigenvalue weighted by Crippen LogP contribution is -2.35. The van der Waals surface area contributed by atoms with Crippen molar-refractivity contribution in [3.8, 4) is 17.0 Å². The van der Waals surface area contributed by atoms with E-state index in [1.807, 2.05) is 6.07 Å². The first-order valence-corrected chi connectivity index (χ1v) is 13.2. The number of hydrogen-bond acceptors (Lipinski definition) is 5. The van der Waals surface area contributed by atoms with Crippen molar-refractivity contribution >= 4 is 27.5 Å². The number of carbonyl (C=O) groups is 1. The van der Waals surface area contributed by atoms with Crippen LogP contribution in [0.2, 0.25) is 0 Å². The summed E-state index contributed by atoms with van der Waals surface area (Å²) < 4.78 is 9.22. The first-order valence-electron chi connectivity index (χ1n) is 12.4. The van der Waals surface area contributed by atoms with Crippen LogP contribution in [0.5, 0.6) is 5.75 Å². The van der Waals surface area contributed by atoms with Gasteiger partial charge in [-0.1, -0.05) is 19.3 Å². The van der Waals surface area contributed by atoms with Gasteiger partial charge in [0.25, 0.3) is 0 Å². The van der Waals surface area contributed by atoms with Crippen molar-refractivity contribution in [3.05, 3.63) is 40.3 Å². The molecule has 7 heteroatoms. The van der Waals surface area contributed by atoms with Crippen LogP contribution in [0.1, 0.15) is 58.8 Å². The molecule has 34 heavy (non-hydrogen) atoms. The fraction of sp³-hybridized carbons (Fsp3) is 0.519. The van der Waals surface area contributed by atoms with E-state index in [2.05, 4.69) is 46.7 Å². The molecule has 0 saturated heterocycles. The minimum atomic E-state index is -0.825. The molecule has 182 valence electrons. The average molecular weight is 482 g/mol. The predicted octanol–water partition coefficient (Wildman–Crippen LogP) is 5.50. The first-order chi connectivity index (χ1) is 16.5. The van der Waals surface area contributed by atoms with Crippen molar-refractivity contribution in [2.75, 3.05) is 40.8 Å². The van der Waals surface area contributed by atoms with Gasteiger partial charge in [-0.2, -0.15) is 0 Å². The quantitative estimate of drug-likeness (QED) is 0.504. The highest BCUT2D eigenvalue weighted by Crippen LogP contribution is 2.48. The lowest BCUT2D eigenvalue weighted by molar-refractivity contribution is 0.0702. The number of thiophene rings is 1. The van der Waals surface area contributed by atoms with Crippen molar-refractivity contribution in [3.63, 3.8) is 0 Å². The van der Waals surface area contributed by atoms with Gasteiger partial charge < -0.3 is 19.3 Å². The third-order valence-electron chi connectivity index (χ3n) is 7.46. The Morgan fingerprint density at radius 2 is 1.97 bits per heavy atom. The number of likely N-dealkylation sites (N-methyl/N-ethyl adjacent to an activating group) is 1. The van der Waals surface area contributed by atoms with E-state index in [4.69, 9.17) is 4.74 Å². The highest BCUT2D eigenvalue weighted by Gasteiger charge is 2.31. The summed E-state index contributed by atoms with van der Waals surface area (Å²) in [6.45, 7) is 4.69. The molecular formula is C27H35N3O3S. The van der Waals surface area contributed by atoms with Crippen molar-refractivity contribution in [1.29, 1.82) is 0 Å². The molecule has 0 bridgehead atoms. The van der Waals surface area contributed by atoms with Gasteiger partial charge in [-0.05, 0) is 68.2 Å². The van der Waals surface area contributed by atoms with Gasteiger partial charge in [0.1, 0.15) is 10.6 Å². The van der Waals surface area contributed by atoms with Crippen LogP contribution < -0.4 is 4.74 Å². The molecule has 3 aromatic rings. The molecule has 0 amide bonds. The summed E-state index contributed by atoms with van der Waals surface area (Å²) in [5, 5.41) is 9.76. The van der Waals surface area contributed by atoms with Crippen LogP contribution in [0, 0.1) is 0 Å². The fourth-order valence-electron chi connectivity index (χ4n) is 5.70. The van der Waals surface area contributed by atoms with Crippen LogP contribution in [0.4, 0.5) is 0 Å². The maximum atomic E-state index is 11.9. The van der Waals surface area contributed by atoms with Gasteiger partial charge in [0.2, 0.25) is 0 Å². The highest BCUT2D eigenvalue weighted by molar-refractivity contribution is 7.21. The molecule has 1 fully saturated rings. The lowest BCUT2D eigenvalue weighted by atomic mass is 9.82. The minimum Gasteiger partial charge on any atom is -0.497 e. The second-order valence-electron chi connectivity index (χ2n) is 9.98. The van der Waals surface area contributed by atoms with E-state index < -0.39 is 5.97 Å². The molecule has 6 nitrogen and oxygen atoms in total. The number of carboxylic acids is 1. The number of hydrogen-bond donors (Lipinski definition) is 1. The van der Waals surface area contributed by atoms with Crippen LogP contribution in [-0.2, 0) is 13.1 Å². The zero-order valence-corrected chi connectivity index (χ0v) is 21.3. The van der Waals surface area contributed by atoms with Crippen LogP contribution in [0.25, 0.3) is 21.5 Å². The van der Waals surface area contributed by atoms with E-state index in [1.54, 1.807) is 7.11 Å². The normalized spacial score (nSPS) is 17.4. The van der Waals surface area contributed by atoms with E-state index >= 15 is 0 Å². The van der Waals surface area contributed by atoms with Gasteiger partial charge in [0.05, 0.1) is 23.0 Å². The molecule has 2 aromatic heterocycles. The standard InChI is InChI=1S/C27H35N3O3S/c1-28(2)11-12-29-13-14-30-22-16-23(27(31)32)34-26(22)24(18-7-5-4-6-8-18)25(30)21-10-9-20(33-3)15-19(21)17-29/h9-10,15-16,18H,4-8,11-14,17H2,1-3H3,(H,31,32). The zero-order chi connectivity index (χ0) is 23.8. The average Bonchev–Trinajstić information content (AvgIpc) is 3.37. The van der Waals surface area contributed by atoms with Crippen LogP contribution in [0.3, 0.4) is 0 Å². The zero-order valence-electron chi connectivity index (χ0n) is 20.5. The minimum absolute atomic E-state index is 0.443. The second kappa shape index (κ2) is 9.72. The first kappa shape index (κ1) is 23.4. The molecule has 3 heterocycles. The second-order valence-corrected chi connectivity index (χ2v) is 11.0. The van der Waals surface area contributed by atoms with Crippen LogP contribution in [0.15, 0.2) is 24.3 Å². The molecule has 5 rings (SSSR count). The van der Waals surface area contributed by atoms with Gasteiger partial charge in [-0.25, -0.2) is 4.79 Å². The van der Waals surface area contributed by atoms with Crippen LogP contribution in [-0.4, -0.2) is 66.3 Å². The molecule has 1 N–H and O–H groups in total. The molecule has 1 saturated carbocycles. The molecule has 0 spiro atoms. The molecule has 1 aliphatic heterocycles. The van der Waals surface area contributed by atoms with Crippen molar-refractivity contribution in [1.82, 2.24) is 14.4 Å². The third-order valence-corrected chi connectivity index (χ3v) is 8.61. The Balaban J connectivity index is 1.71. The Morgan fingerprint density at radius 3 is 2.68 bits per heavy atom. The summed E-state index contributed by atoms with van der Waals surface area (Å²) in [4.78, 5) is 17.1. The number of nitrogens with zero attached hydrogens (tertiary/aromatic N) is 3. The van der Waals surface area contributed by atoms with E-state index in [0.29, 0.717) is 10.8 Å². The van der Waals surface area contributed by atoms with E-state index in [1.165, 1.54) is 70.5 Å². The molecule has 2 aliphatic rings. The number of aromatic carboxylic acids is 1. The summed E-state index contributed by atoms with van der Waals surface area (Å²) in [5.41, 5.74) is 6.36. The number of methoxy groups -OCH3 is 1. The van der Waals surface area contributed by atoms with E-state index in [0.717, 1.165) is 44.0 Å². The Morgan fingerprint density at radius 1 is 1.18 bits per heavy atom. The Hall–Kier alpha value is -2.35. The molecule has 0 unspecified atom stereocenters. The van der Waals surface area contributed by atoms with Crippen molar-refractivity contribution in [2.45, 2.75) is 51.1 Å². The molecule has 1 aromatic carbocycles. The molecule has 0 atom stereocenters. The Bertz CT molecular complexity index is 1190. The summed E-state index contributed by atoms with van der Waals surface area (Å²) >= 11 is 1.46. The van der Waals surface area contributed by atoms with Gasteiger partial charge in [-0.15, -0.1) is 11.3 Å². The van der Waals surface area contributed by atoms with Gasteiger partial charge in [0, 0.05) is 38.3 Å². The number of rotatable bonds is 6. The van der Waals surface area contributed by atoms with Crippen LogP contribution >= 0.6 is 11.3 Å². The lowest BCUT2D eigenvalue weighted by Gasteiger charge is -2.30. The molecular weight excluding hydrogens is 446 g/mol. The maximum Gasteiger partial charge on any atom is 0.345 e.